The smallest absolute Gasteiger partial charge is 0.410 e. The predicted molar refractivity (Wildman–Crippen MR) is 94.6 cm³/mol. The maximum Gasteiger partial charge on any atom is 0.410 e. The molecule has 0 bridgehead atoms. The number of rotatable bonds is 6. The van der Waals surface area contributed by atoms with Crippen molar-refractivity contribution in [1.29, 1.82) is 0 Å². The normalized spacial score (nSPS) is 14.6. The van der Waals surface area contributed by atoms with Crippen LogP contribution in [0, 0.1) is 0 Å². The Bertz CT molecular complexity index is 357. The molecule has 0 saturated heterocycles. The van der Waals surface area contributed by atoms with Crippen LogP contribution in [0.4, 0.5) is 4.79 Å². The van der Waals surface area contributed by atoms with Gasteiger partial charge in [0.05, 0.1) is 6.61 Å². The summed E-state index contributed by atoms with van der Waals surface area (Å²) in [4.78, 5) is 13.9. The highest BCUT2D eigenvalue weighted by Gasteiger charge is 2.37. The summed E-state index contributed by atoms with van der Waals surface area (Å²) in [7, 11) is -1.80. The summed E-state index contributed by atoms with van der Waals surface area (Å²) in [6.07, 6.45) is -0.330. The van der Waals surface area contributed by atoms with Gasteiger partial charge in [0.25, 0.3) is 0 Å². The zero-order valence-electron chi connectivity index (χ0n) is 15.9. The van der Waals surface area contributed by atoms with Gasteiger partial charge in [-0.2, -0.15) is 0 Å². The minimum absolute atomic E-state index is 0.0969. The van der Waals surface area contributed by atoms with Crippen LogP contribution < -0.4 is 5.73 Å². The van der Waals surface area contributed by atoms with Gasteiger partial charge in [-0.15, -0.1) is 0 Å². The van der Waals surface area contributed by atoms with E-state index in [2.05, 4.69) is 33.9 Å². The number of ether oxygens (including phenoxy) is 1. The van der Waals surface area contributed by atoms with E-state index in [0.717, 1.165) is 0 Å². The lowest BCUT2D eigenvalue weighted by atomic mass is 10.2. The lowest BCUT2D eigenvalue weighted by Gasteiger charge is -2.37. The molecular formula is C16H36N2O3Si. The Kier molecular flexibility index (Phi) is 7.58. The minimum atomic E-state index is -1.80. The molecule has 0 rings (SSSR count). The van der Waals surface area contributed by atoms with Crippen LogP contribution in [-0.4, -0.2) is 50.6 Å². The molecule has 0 aromatic carbocycles. The van der Waals surface area contributed by atoms with Gasteiger partial charge in [0.2, 0.25) is 0 Å². The molecule has 0 radical (unpaired) electrons. The zero-order chi connectivity index (χ0) is 17.8. The molecule has 0 unspecified atom stereocenters. The van der Waals surface area contributed by atoms with Crippen molar-refractivity contribution in [1.82, 2.24) is 4.90 Å². The standard InChI is InChI=1S/C16H36N2O3Si/c1-13(17)12-18(14(19)21-15(2,3)4)10-11-20-22(8,9)16(5,6)7/h13H,10-12,17H2,1-9H3/t13-/m0/s1. The second kappa shape index (κ2) is 7.79. The number of hydrogen-bond acceptors (Lipinski definition) is 4. The molecule has 0 fully saturated rings. The lowest BCUT2D eigenvalue weighted by Crippen LogP contribution is -2.46. The fraction of sp³-hybridized carbons (Fsp3) is 0.938. The fourth-order valence-corrected chi connectivity index (χ4v) is 2.59. The van der Waals surface area contributed by atoms with Crippen molar-refractivity contribution in [2.75, 3.05) is 19.7 Å². The highest BCUT2D eigenvalue weighted by molar-refractivity contribution is 6.74. The molecule has 5 nitrogen and oxygen atoms in total. The molecule has 22 heavy (non-hydrogen) atoms. The maximum absolute atomic E-state index is 12.3. The van der Waals surface area contributed by atoms with Crippen LogP contribution in [-0.2, 0) is 9.16 Å². The highest BCUT2D eigenvalue weighted by Crippen LogP contribution is 2.36. The first kappa shape index (κ1) is 21.4. The Morgan fingerprint density at radius 2 is 1.68 bits per heavy atom. The SMILES string of the molecule is C[C@H](N)CN(CCO[Si](C)(C)C(C)(C)C)C(=O)OC(C)(C)C. The van der Waals surface area contributed by atoms with E-state index >= 15 is 0 Å². The number of nitrogens with two attached hydrogens (primary N) is 1. The third-order valence-electron chi connectivity index (χ3n) is 3.79. The lowest BCUT2D eigenvalue weighted by molar-refractivity contribution is 0.0214. The van der Waals surface area contributed by atoms with E-state index in [4.69, 9.17) is 14.9 Å². The summed E-state index contributed by atoms with van der Waals surface area (Å²) in [5, 5.41) is 0.158. The predicted octanol–water partition coefficient (Wildman–Crippen LogP) is 3.59. The fourth-order valence-electron chi connectivity index (χ4n) is 1.56. The van der Waals surface area contributed by atoms with Crippen molar-refractivity contribution in [2.45, 2.75) is 78.2 Å². The molecule has 6 heteroatoms. The van der Waals surface area contributed by atoms with Crippen LogP contribution in [0.3, 0.4) is 0 Å². The molecule has 0 aromatic heterocycles. The van der Waals surface area contributed by atoms with Crippen molar-refractivity contribution in [3.63, 3.8) is 0 Å². The van der Waals surface area contributed by atoms with Crippen molar-refractivity contribution >= 4 is 14.4 Å². The van der Waals surface area contributed by atoms with Crippen molar-refractivity contribution < 1.29 is 14.0 Å². The Morgan fingerprint density at radius 1 is 1.18 bits per heavy atom. The van der Waals surface area contributed by atoms with Gasteiger partial charge >= 0.3 is 6.09 Å². The van der Waals surface area contributed by atoms with Crippen molar-refractivity contribution in [2.24, 2.45) is 5.73 Å². The largest absolute Gasteiger partial charge is 0.444 e. The monoisotopic (exact) mass is 332 g/mol. The molecular weight excluding hydrogens is 296 g/mol. The van der Waals surface area contributed by atoms with Crippen LogP contribution in [0.2, 0.25) is 18.1 Å². The molecule has 1 amide bonds. The second-order valence-corrected chi connectivity index (χ2v) is 13.3. The average Bonchev–Trinajstić information content (AvgIpc) is 2.22. The van der Waals surface area contributed by atoms with Gasteiger partial charge in [-0.3, -0.25) is 0 Å². The average molecular weight is 333 g/mol. The third-order valence-corrected chi connectivity index (χ3v) is 8.33. The minimum Gasteiger partial charge on any atom is -0.444 e. The topological polar surface area (TPSA) is 64.8 Å². The van der Waals surface area contributed by atoms with Gasteiger partial charge < -0.3 is 19.8 Å². The number of nitrogens with zero attached hydrogens (tertiary/aromatic N) is 1. The number of carbonyl (C=O) groups is 1. The van der Waals surface area contributed by atoms with Crippen LogP contribution in [0.5, 0.6) is 0 Å². The Labute approximate surface area is 137 Å². The van der Waals surface area contributed by atoms with Gasteiger partial charge in [0, 0.05) is 19.1 Å². The summed E-state index contributed by atoms with van der Waals surface area (Å²) >= 11 is 0. The molecule has 0 spiro atoms. The molecule has 0 aliphatic heterocycles. The van der Waals surface area contributed by atoms with Crippen molar-refractivity contribution in [3.05, 3.63) is 0 Å². The van der Waals surface area contributed by atoms with E-state index in [-0.39, 0.29) is 17.2 Å². The Hall–Kier alpha value is -0.593. The van der Waals surface area contributed by atoms with Gasteiger partial charge in [-0.1, -0.05) is 20.8 Å². The molecule has 0 heterocycles. The molecule has 2 N–H and O–H groups in total. The van der Waals surface area contributed by atoms with Crippen LogP contribution in [0.15, 0.2) is 0 Å². The summed E-state index contributed by atoms with van der Waals surface area (Å²) in [6.45, 7) is 20.0. The van der Waals surface area contributed by atoms with E-state index in [0.29, 0.717) is 19.7 Å². The van der Waals surface area contributed by atoms with Gasteiger partial charge in [0.1, 0.15) is 5.60 Å². The van der Waals surface area contributed by atoms with E-state index in [1.807, 2.05) is 27.7 Å². The molecule has 0 aliphatic rings. The quantitative estimate of drug-likeness (QED) is 0.755. The molecule has 0 aliphatic carbocycles. The molecule has 0 saturated carbocycles. The number of amides is 1. The summed E-state index contributed by atoms with van der Waals surface area (Å²) in [5.74, 6) is 0. The number of carbonyl (C=O) groups excluding carboxylic acids is 1. The Morgan fingerprint density at radius 3 is 2.05 bits per heavy atom. The molecule has 0 aromatic rings. The van der Waals surface area contributed by atoms with Gasteiger partial charge in [-0.25, -0.2) is 4.79 Å². The zero-order valence-corrected chi connectivity index (χ0v) is 16.9. The van der Waals surface area contributed by atoms with Crippen LogP contribution in [0.25, 0.3) is 0 Å². The summed E-state index contributed by atoms with van der Waals surface area (Å²) in [5.41, 5.74) is 5.33. The van der Waals surface area contributed by atoms with Crippen LogP contribution in [0.1, 0.15) is 48.5 Å². The van der Waals surface area contributed by atoms with Crippen molar-refractivity contribution in [3.8, 4) is 0 Å². The Balaban J connectivity index is 4.65. The van der Waals surface area contributed by atoms with E-state index in [1.54, 1.807) is 4.90 Å². The third kappa shape index (κ3) is 8.15. The van der Waals surface area contributed by atoms with E-state index in [9.17, 15) is 4.79 Å². The first-order valence-electron chi connectivity index (χ1n) is 8.03. The first-order chi connectivity index (χ1) is 9.66. The summed E-state index contributed by atoms with van der Waals surface area (Å²) in [6, 6.07) is -0.0969. The first-order valence-corrected chi connectivity index (χ1v) is 10.9. The molecule has 132 valence electrons. The van der Waals surface area contributed by atoms with Gasteiger partial charge in [-0.05, 0) is 45.8 Å². The second-order valence-electron chi connectivity index (χ2n) is 8.51. The molecule has 1 atom stereocenters. The van der Waals surface area contributed by atoms with E-state index in [1.165, 1.54) is 0 Å². The highest BCUT2D eigenvalue weighted by atomic mass is 28.4. The van der Waals surface area contributed by atoms with Crippen LogP contribution >= 0.6 is 0 Å². The summed E-state index contributed by atoms with van der Waals surface area (Å²) < 4.78 is 11.6. The number of hydrogen-bond donors (Lipinski definition) is 1. The maximum atomic E-state index is 12.3. The van der Waals surface area contributed by atoms with E-state index < -0.39 is 13.9 Å². The van der Waals surface area contributed by atoms with Gasteiger partial charge in [0.15, 0.2) is 8.32 Å².